The second-order valence-corrected chi connectivity index (χ2v) is 6.14. The number of aryl methyl sites for hydroxylation is 2. The van der Waals surface area contributed by atoms with Crippen LogP contribution >= 0.6 is 0 Å². The van der Waals surface area contributed by atoms with Gasteiger partial charge in [-0.1, -0.05) is 54.1 Å². The van der Waals surface area contributed by atoms with Crippen molar-refractivity contribution in [1.29, 1.82) is 0 Å². The third kappa shape index (κ3) is 2.69. The summed E-state index contributed by atoms with van der Waals surface area (Å²) in [7, 11) is 0. The van der Waals surface area contributed by atoms with Crippen molar-refractivity contribution in [3.63, 3.8) is 0 Å². The number of rotatable bonds is 3. The Morgan fingerprint density at radius 1 is 1.08 bits per heavy atom. The zero-order valence-corrected chi connectivity index (χ0v) is 13.9. The van der Waals surface area contributed by atoms with Gasteiger partial charge < -0.3 is 5.32 Å². The van der Waals surface area contributed by atoms with Gasteiger partial charge in [0.1, 0.15) is 5.54 Å². The molecule has 1 N–H and O–H groups in total. The molecule has 5 heteroatoms. The van der Waals surface area contributed by atoms with Gasteiger partial charge in [0.05, 0.1) is 6.21 Å². The van der Waals surface area contributed by atoms with E-state index in [1.54, 1.807) is 13.1 Å². The van der Waals surface area contributed by atoms with Crippen LogP contribution in [0.15, 0.2) is 53.6 Å². The zero-order chi connectivity index (χ0) is 17.3. The molecule has 0 unspecified atom stereocenters. The lowest BCUT2D eigenvalue weighted by Crippen LogP contribution is -2.40. The first-order valence-corrected chi connectivity index (χ1v) is 7.75. The number of urea groups is 1. The summed E-state index contributed by atoms with van der Waals surface area (Å²) in [5.41, 5.74) is 2.69. The molecule has 122 valence electrons. The van der Waals surface area contributed by atoms with Crippen LogP contribution in [-0.2, 0) is 10.3 Å². The Hall–Kier alpha value is -2.95. The van der Waals surface area contributed by atoms with Gasteiger partial charge >= 0.3 is 6.03 Å². The molecule has 1 aliphatic rings. The predicted molar refractivity (Wildman–Crippen MR) is 92.7 cm³/mol. The van der Waals surface area contributed by atoms with Crippen LogP contribution in [0.4, 0.5) is 4.79 Å². The van der Waals surface area contributed by atoms with E-state index in [1.165, 1.54) is 0 Å². The van der Waals surface area contributed by atoms with Crippen molar-refractivity contribution in [3.05, 3.63) is 70.8 Å². The molecule has 3 rings (SSSR count). The molecular formula is C19H19N3O2. The van der Waals surface area contributed by atoms with Gasteiger partial charge in [-0.2, -0.15) is 5.10 Å². The van der Waals surface area contributed by atoms with E-state index in [4.69, 9.17) is 0 Å². The van der Waals surface area contributed by atoms with Crippen LogP contribution in [0.5, 0.6) is 0 Å². The van der Waals surface area contributed by atoms with Gasteiger partial charge in [-0.3, -0.25) is 4.79 Å². The summed E-state index contributed by atoms with van der Waals surface area (Å²) >= 11 is 0. The molecule has 1 saturated heterocycles. The van der Waals surface area contributed by atoms with Gasteiger partial charge in [0.2, 0.25) is 0 Å². The number of carbonyl (C=O) groups is 2. The lowest BCUT2D eigenvalue weighted by molar-refractivity contribution is -0.131. The summed E-state index contributed by atoms with van der Waals surface area (Å²) in [6.45, 7) is 5.67. The maximum absolute atomic E-state index is 12.7. The van der Waals surface area contributed by atoms with Gasteiger partial charge in [0, 0.05) is 0 Å². The molecule has 0 saturated carbocycles. The number of carbonyl (C=O) groups excluding carboxylic acids is 2. The highest BCUT2D eigenvalue weighted by molar-refractivity contribution is 6.07. The van der Waals surface area contributed by atoms with E-state index >= 15 is 0 Å². The fourth-order valence-corrected chi connectivity index (χ4v) is 2.79. The van der Waals surface area contributed by atoms with E-state index < -0.39 is 11.6 Å². The van der Waals surface area contributed by atoms with Gasteiger partial charge in [-0.05, 0) is 37.5 Å². The Morgan fingerprint density at radius 2 is 1.79 bits per heavy atom. The van der Waals surface area contributed by atoms with Crippen molar-refractivity contribution in [2.45, 2.75) is 26.3 Å². The highest BCUT2D eigenvalue weighted by Crippen LogP contribution is 2.28. The van der Waals surface area contributed by atoms with E-state index in [1.807, 2.05) is 62.4 Å². The molecule has 2 aromatic rings. The summed E-state index contributed by atoms with van der Waals surface area (Å²) in [4.78, 5) is 24.9. The molecule has 5 nitrogen and oxygen atoms in total. The quantitative estimate of drug-likeness (QED) is 0.697. The molecule has 0 bridgehead atoms. The maximum Gasteiger partial charge on any atom is 0.346 e. The molecule has 2 aromatic carbocycles. The van der Waals surface area contributed by atoms with Crippen LogP contribution in [-0.4, -0.2) is 23.2 Å². The average Bonchev–Trinajstić information content (AvgIpc) is 2.78. The third-order valence-electron chi connectivity index (χ3n) is 4.26. The van der Waals surface area contributed by atoms with Crippen molar-refractivity contribution in [2.75, 3.05) is 0 Å². The normalized spacial score (nSPS) is 20.7. The average molecular weight is 321 g/mol. The van der Waals surface area contributed by atoms with Gasteiger partial charge in [0.15, 0.2) is 0 Å². The molecule has 24 heavy (non-hydrogen) atoms. The van der Waals surface area contributed by atoms with Crippen LogP contribution in [0.3, 0.4) is 0 Å². The number of hydrogen-bond donors (Lipinski definition) is 1. The first kappa shape index (κ1) is 15.9. The van der Waals surface area contributed by atoms with Crippen LogP contribution in [0, 0.1) is 13.8 Å². The third-order valence-corrected chi connectivity index (χ3v) is 4.26. The molecular weight excluding hydrogens is 302 g/mol. The summed E-state index contributed by atoms with van der Waals surface area (Å²) in [5, 5.41) is 7.74. The number of imide groups is 1. The monoisotopic (exact) mass is 321 g/mol. The summed E-state index contributed by atoms with van der Waals surface area (Å²) in [6, 6.07) is 14.6. The number of nitrogens with zero attached hydrogens (tertiary/aromatic N) is 2. The van der Waals surface area contributed by atoms with Gasteiger partial charge in [-0.15, -0.1) is 5.01 Å². The number of amides is 3. The number of hydrazone groups is 1. The van der Waals surface area contributed by atoms with Crippen molar-refractivity contribution in [3.8, 4) is 0 Å². The largest absolute Gasteiger partial charge is 0.346 e. The first-order valence-electron chi connectivity index (χ1n) is 7.75. The van der Waals surface area contributed by atoms with Crippen molar-refractivity contribution < 1.29 is 9.59 Å². The predicted octanol–water partition coefficient (Wildman–Crippen LogP) is 3.10. The van der Waals surface area contributed by atoms with Crippen molar-refractivity contribution >= 4 is 18.2 Å². The second kappa shape index (κ2) is 5.92. The molecule has 1 heterocycles. The number of nitrogens with one attached hydrogen (secondary N) is 1. The van der Waals surface area contributed by atoms with Gasteiger partial charge in [0.25, 0.3) is 5.91 Å². The lowest BCUT2D eigenvalue weighted by Gasteiger charge is -2.20. The molecule has 1 fully saturated rings. The molecule has 0 aliphatic carbocycles. The lowest BCUT2D eigenvalue weighted by atomic mass is 9.92. The van der Waals surface area contributed by atoms with E-state index in [2.05, 4.69) is 10.4 Å². The molecule has 0 radical (unpaired) electrons. The standard InChI is InChI=1S/C19H19N3O2/c1-13-9-10-15(14(2)11-13)12-20-22-17(23)19(3,21-18(22)24)16-7-5-4-6-8-16/h4-12H,1-3H3,(H,21,24)/b20-12-/t19-/m1/s1. The Labute approximate surface area is 141 Å². The van der Waals surface area contributed by atoms with E-state index in [0.29, 0.717) is 0 Å². The second-order valence-electron chi connectivity index (χ2n) is 6.14. The minimum atomic E-state index is -1.10. The molecule has 1 atom stereocenters. The van der Waals surface area contributed by atoms with E-state index in [-0.39, 0.29) is 5.91 Å². The van der Waals surface area contributed by atoms with Crippen LogP contribution in [0.1, 0.15) is 29.2 Å². The van der Waals surface area contributed by atoms with Crippen LogP contribution in [0.2, 0.25) is 0 Å². The minimum absolute atomic E-state index is 0.389. The van der Waals surface area contributed by atoms with Crippen molar-refractivity contribution in [1.82, 2.24) is 10.3 Å². The minimum Gasteiger partial charge on any atom is -0.318 e. The smallest absolute Gasteiger partial charge is 0.318 e. The SMILES string of the molecule is Cc1ccc(/C=N\N2C(=O)N[C@](C)(c3ccccc3)C2=O)c(C)c1. The number of benzene rings is 2. The van der Waals surface area contributed by atoms with Crippen molar-refractivity contribution in [2.24, 2.45) is 5.10 Å². The fraction of sp³-hybridized carbons (Fsp3) is 0.211. The summed E-state index contributed by atoms with van der Waals surface area (Å²) in [5.74, 6) is -0.389. The molecule has 0 spiro atoms. The van der Waals surface area contributed by atoms with Gasteiger partial charge in [-0.25, -0.2) is 4.79 Å². The van der Waals surface area contributed by atoms with Crippen LogP contribution < -0.4 is 5.32 Å². The zero-order valence-electron chi connectivity index (χ0n) is 13.9. The Morgan fingerprint density at radius 3 is 2.46 bits per heavy atom. The Kier molecular flexibility index (Phi) is 3.93. The van der Waals surface area contributed by atoms with E-state index in [0.717, 1.165) is 27.3 Å². The Bertz CT molecular complexity index is 830. The number of hydrogen-bond acceptors (Lipinski definition) is 3. The topological polar surface area (TPSA) is 61.8 Å². The van der Waals surface area contributed by atoms with Crippen LogP contribution in [0.25, 0.3) is 0 Å². The summed E-state index contributed by atoms with van der Waals surface area (Å²) in [6.07, 6.45) is 1.54. The highest BCUT2D eigenvalue weighted by Gasteiger charge is 2.49. The van der Waals surface area contributed by atoms with E-state index in [9.17, 15) is 9.59 Å². The maximum atomic E-state index is 12.7. The fourth-order valence-electron chi connectivity index (χ4n) is 2.79. The molecule has 1 aliphatic heterocycles. The molecule has 3 amide bonds. The summed E-state index contributed by atoms with van der Waals surface area (Å²) < 4.78 is 0. The first-order chi connectivity index (χ1) is 11.4. The molecule has 0 aromatic heterocycles. The Balaban J connectivity index is 1.89. The highest BCUT2D eigenvalue weighted by atomic mass is 16.2.